The molecule has 8 nitrogen and oxygen atoms in total. The quantitative estimate of drug-likeness (QED) is 0.413. The van der Waals surface area contributed by atoms with Gasteiger partial charge in [-0.3, -0.25) is 9.79 Å². The summed E-state index contributed by atoms with van der Waals surface area (Å²) in [5, 5.41) is 6.23. The number of alkyl carbamates (subject to hydrolysis) is 1. The summed E-state index contributed by atoms with van der Waals surface area (Å²) in [6.45, 7) is 11.5. The summed E-state index contributed by atoms with van der Waals surface area (Å²) in [5.74, 6) is 0.582. The van der Waals surface area contributed by atoms with Crippen LogP contribution in [0.15, 0.2) is 4.99 Å². The number of hydrogen-bond acceptors (Lipinski definition) is 5. The predicted octanol–water partition coefficient (Wildman–Crippen LogP) is 2.00. The van der Waals surface area contributed by atoms with Crippen LogP contribution in [-0.2, 0) is 14.3 Å². The number of nitrogens with zero attached hydrogens (tertiary/aromatic N) is 2. The molecule has 0 bridgehead atoms. The SMILES string of the molecule is CCCC(CNC(=NC)N1CC(C)C(C(=O)OC)C1)NC(=O)OC(C)(C)C. The topological polar surface area (TPSA) is 92.3 Å². The van der Waals surface area contributed by atoms with Gasteiger partial charge in [0, 0.05) is 32.7 Å². The summed E-state index contributed by atoms with van der Waals surface area (Å²) in [6.07, 6.45) is 1.34. The monoisotopic (exact) mass is 384 g/mol. The Labute approximate surface area is 163 Å². The Morgan fingerprint density at radius 1 is 1.30 bits per heavy atom. The van der Waals surface area contributed by atoms with Gasteiger partial charge in [-0.2, -0.15) is 0 Å². The molecule has 2 N–H and O–H groups in total. The third kappa shape index (κ3) is 7.64. The molecule has 1 aliphatic heterocycles. The van der Waals surface area contributed by atoms with Crippen LogP contribution in [-0.4, -0.2) is 68.4 Å². The Morgan fingerprint density at radius 2 is 1.96 bits per heavy atom. The van der Waals surface area contributed by atoms with Crippen molar-refractivity contribution in [2.75, 3.05) is 33.8 Å². The second-order valence-electron chi connectivity index (χ2n) is 8.07. The van der Waals surface area contributed by atoms with Gasteiger partial charge in [0.15, 0.2) is 5.96 Å². The van der Waals surface area contributed by atoms with E-state index in [1.54, 1.807) is 7.05 Å². The average molecular weight is 385 g/mol. The van der Waals surface area contributed by atoms with Gasteiger partial charge in [0.25, 0.3) is 0 Å². The molecular weight excluding hydrogens is 348 g/mol. The normalized spacial score (nSPS) is 21.6. The van der Waals surface area contributed by atoms with E-state index in [0.717, 1.165) is 25.3 Å². The summed E-state index contributed by atoms with van der Waals surface area (Å²) in [7, 11) is 3.14. The maximum absolute atomic E-state index is 12.1. The fourth-order valence-electron chi connectivity index (χ4n) is 3.19. The predicted molar refractivity (Wildman–Crippen MR) is 106 cm³/mol. The van der Waals surface area contributed by atoms with Crippen molar-refractivity contribution >= 4 is 18.0 Å². The first-order valence-corrected chi connectivity index (χ1v) is 9.64. The highest BCUT2D eigenvalue weighted by atomic mass is 16.6. The van der Waals surface area contributed by atoms with E-state index in [1.807, 2.05) is 27.7 Å². The highest BCUT2D eigenvalue weighted by Crippen LogP contribution is 2.24. The number of likely N-dealkylation sites (tertiary alicyclic amines) is 1. The largest absolute Gasteiger partial charge is 0.469 e. The summed E-state index contributed by atoms with van der Waals surface area (Å²) in [5.41, 5.74) is -0.529. The summed E-state index contributed by atoms with van der Waals surface area (Å²) in [4.78, 5) is 30.3. The van der Waals surface area contributed by atoms with E-state index >= 15 is 0 Å². The number of guanidine groups is 1. The Morgan fingerprint density at radius 3 is 2.48 bits per heavy atom. The molecule has 1 heterocycles. The highest BCUT2D eigenvalue weighted by molar-refractivity contribution is 5.82. The van der Waals surface area contributed by atoms with Crippen molar-refractivity contribution in [3.63, 3.8) is 0 Å². The van der Waals surface area contributed by atoms with E-state index in [4.69, 9.17) is 9.47 Å². The zero-order valence-corrected chi connectivity index (χ0v) is 17.8. The minimum absolute atomic E-state index is 0.0713. The summed E-state index contributed by atoms with van der Waals surface area (Å²) < 4.78 is 10.2. The fourth-order valence-corrected chi connectivity index (χ4v) is 3.19. The first kappa shape index (κ1) is 23.0. The fraction of sp³-hybridized carbons (Fsp3) is 0.842. The molecule has 0 aliphatic carbocycles. The van der Waals surface area contributed by atoms with Crippen LogP contribution < -0.4 is 10.6 Å². The van der Waals surface area contributed by atoms with E-state index in [-0.39, 0.29) is 23.8 Å². The summed E-state index contributed by atoms with van der Waals surface area (Å²) in [6, 6.07) is -0.0713. The maximum Gasteiger partial charge on any atom is 0.407 e. The van der Waals surface area contributed by atoms with E-state index < -0.39 is 11.7 Å². The van der Waals surface area contributed by atoms with Crippen molar-refractivity contribution in [2.24, 2.45) is 16.8 Å². The van der Waals surface area contributed by atoms with Crippen molar-refractivity contribution in [1.82, 2.24) is 15.5 Å². The molecule has 1 amide bonds. The van der Waals surface area contributed by atoms with Gasteiger partial charge < -0.3 is 25.0 Å². The van der Waals surface area contributed by atoms with Crippen molar-refractivity contribution < 1.29 is 19.1 Å². The van der Waals surface area contributed by atoms with Gasteiger partial charge in [-0.15, -0.1) is 0 Å². The van der Waals surface area contributed by atoms with E-state index in [2.05, 4.69) is 27.4 Å². The Balaban J connectivity index is 2.62. The number of nitrogens with one attached hydrogen (secondary N) is 2. The molecule has 3 atom stereocenters. The van der Waals surface area contributed by atoms with Crippen LogP contribution in [0, 0.1) is 11.8 Å². The van der Waals surface area contributed by atoms with Gasteiger partial charge in [0.1, 0.15) is 5.60 Å². The van der Waals surface area contributed by atoms with E-state index in [0.29, 0.717) is 13.1 Å². The zero-order valence-electron chi connectivity index (χ0n) is 17.8. The number of methoxy groups -OCH3 is 1. The van der Waals surface area contributed by atoms with E-state index in [1.165, 1.54) is 7.11 Å². The Hall–Kier alpha value is -1.99. The number of carbonyl (C=O) groups is 2. The molecule has 1 rings (SSSR count). The molecule has 8 heteroatoms. The van der Waals surface area contributed by atoms with Crippen LogP contribution in [0.3, 0.4) is 0 Å². The number of carbonyl (C=O) groups excluding carboxylic acids is 2. The number of amides is 1. The first-order valence-electron chi connectivity index (χ1n) is 9.64. The second kappa shape index (κ2) is 10.4. The molecule has 3 unspecified atom stereocenters. The zero-order chi connectivity index (χ0) is 20.6. The summed E-state index contributed by atoms with van der Waals surface area (Å²) >= 11 is 0. The van der Waals surface area contributed by atoms with Crippen molar-refractivity contribution in [1.29, 1.82) is 0 Å². The van der Waals surface area contributed by atoms with Gasteiger partial charge in [0.2, 0.25) is 0 Å². The molecule has 0 aromatic rings. The van der Waals surface area contributed by atoms with Crippen LogP contribution in [0.1, 0.15) is 47.5 Å². The first-order chi connectivity index (χ1) is 12.6. The van der Waals surface area contributed by atoms with Gasteiger partial charge in [-0.25, -0.2) is 4.79 Å². The lowest BCUT2D eigenvalue weighted by Gasteiger charge is -2.26. The van der Waals surface area contributed by atoms with Crippen LogP contribution in [0.2, 0.25) is 0 Å². The Kier molecular flexibility index (Phi) is 8.85. The molecule has 156 valence electrons. The van der Waals surface area contributed by atoms with Gasteiger partial charge in [0.05, 0.1) is 13.0 Å². The molecule has 0 spiro atoms. The smallest absolute Gasteiger partial charge is 0.407 e. The number of rotatable bonds is 6. The van der Waals surface area contributed by atoms with E-state index in [9.17, 15) is 9.59 Å². The van der Waals surface area contributed by atoms with Gasteiger partial charge in [-0.05, 0) is 33.1 Å². The molecular formula is C19H36N4O4. The molecule has 0 aromatic carbocycles. The lowest BCUT2D eigenvalue weighted by atomic mass is 9.99. The molecule has 0 radical (unpaired) electrons. The number of ether oxygens (including phenoxy) is 2. The molecule has 1 fully saturated rings. The lowest BCUT2D eigenvalue weighted by Crippen LogP contribution is -2.49. The van der Waals surface area contributed by atoms with Crippen LogP contribution in [0.25, 0.3) is 0 Å². The molecule has 27 heavy (non-hydrogen) atoms. The maximum atomic E-state index is 12.1. The molecule has 1 saturated heterocycles. The molecule has 0 aromatic heterocycles. The Bertz CT molecular complexity index is 530. The number of hydrogen-bond donors (Lipinski definition) is 2. The number of aliphatic imine (C=N–C) groups is 1. The minimum Gasteiger partial charge on any atom is -0.469 e. The molecule has 1 aliphatic rings. The van der Waals surface area contributed by atoms with Crippen LogP contribution in [0.4, 0.5) is 4.79 Å². The second-order valence-corrected chi connectivity index (χ2v) is 8.07. The van der Waals surface area contributed by atoms with Crippen LogP contribution in [0.5, 0.6) is 0 Å². The standard InChI is InChI=1S/C19H36N4O4/c1-8-9-14(22-18(25)27-19(3,4)5)10-21-17(20-6)23-11-13(2)15(12-23)16(24)26-7/h13-15H,8-12H2,1-7H3,(H,20,21)(H,22,25). The molecule has 0 saturated carbocycles. The van der Waals surface area contributed by atoms with Crippen molar-refractivity contribution in [2.45, 2.75) is 59.1 Å². The minimum atomic E-state index is -0.529. The van der Waals surface area contributed by atoms with Crippen LogP contribution >= 0.6 is 0 Å². The van der Waals surface area contributed by atoms with Gasteiger partial charge >= 0.3 is 12.1 Å². The van der Waals surface area contributed by atoms with Crippen molar-refractivity contribution in [3.05, 3.63) is 0 Å². The van der Waals surface area contributed by atoms with Crippen molar-refractivity contribution in [3.8, 4) is 0 Å². The third-order valence-corrected chi connectivity index (χ3v) is 4.49. The third-order valence-electron chi connectivity index (χ3n) is 4.49. The number of esters is 1. The average Bonchev–Trinajstić information content (AvgIpc) is 2.94. The lowest BCUT2D eigenvalue weighted by molar-refractivity contribution is -0.146. The van der Waals surface area contributed by atoms with Gasteiger partial charge in [-0.1, -0.05) is 20.3 Å². The highest BCUT2D eigenvalue weighted by Gasteiger charge is 2.37.